The largest absolute Gasteiger partial charge is 0.492 e. The molecule has 166 valence electrons. The number of hydrogen-bond donors (Lipinski definition) is 3. The molecule has 31 heavy (non-hydrogen) atoms. The lowest BCUT2D eigenvalue weighted by molar-refractivity contribution is 0.0694. The van der Waals surface area contributed by atoms with Crippen molar-refractivity contribution < 1.29 is 19.0 Å². The fraction of sp³-hybridized carbons (Fsp3) is 0.545. The third kappa shape index (κ3) is 3.36. The van der Waals surface area contributed by atoms with Crippen molar-refractivity contribution in [3.05, 3.63) is 33.9 Å². The fourth-order valence-electron chi connectivity index (χ4n) is 5.31. The van der Waals surface area contributed by atoms with Crippen molar-refractivity contribution in [3.63, 3.8) is 0 Å². The van der Waals surface area contributed by atoms with Gasteiger partial charge in [-0.3, -0.25) is 10.1 Å². The number of carbonyl (C=O) groups is 1. The molecule has 2 aromatic rings. The number of anilines is 1. The topological polar surface area (TPSA) is 110 Å². The Morgan fingerprint density at radius 2 is 2.16 bits per heavy atom. The van der Waals surface area contributed by atoms with Crippen LogP contribution in [0.5, 0.6) is 5.75 Å². The van der Waals surface area contributed by atoms with Gasteiger partial charge in [-0.2, -0.15) is 0 Å². The van der Waals surface area contributed by atoms with Crippen molar-refractivity contribution in [1.29, 1.82) is 0 Å². The molecule has 4 N–H and O–H groups in total. The summed E-state index contributed by atoms with van der Waals surface area (Å²) in [7, 11) is 1.46. The number of rotatable bonds is 4. The molecule has 1 saturated carbocycles. The van der Waals surface area contributed by atoms with Gasteiger partial charge < -0.3 is 25.0 Å². The Kier molecular flexibility index (Phi) is 4.71. The molecule has 1 aromatic carbocycles. The number of aromatic carboxylic acids is 1. The molecule has 0 radical (unpaired) electrons. The van der Waals surface area contributed by atoms with Gasteiger partial charge in [0.1, 0.15) is 11.3 Å². The number of nitrogens with zero attached hydrogens (tertiary/aromatic N) is 2. The van der Waals surface area contributed by atoms with Crippen molar-refractivity contribution in [2.24, 2.45) is 11.7 Å². The zero-order chi connectivity index (χ0) is 21.9. The van der Waals surface area contributed by atoms with E-state index >= 15 is 4.39 Å². The minimum absolute atomic E-state index is 0.0277. The van der Waals surface area contributed by atoms with Gasteiger partial charge in [-0.25, -0.2) is 9.18 Å². The van der Waals surface area contributed by atoms with E-state index in [1.165, 1.54) is 13.3 Å². The summed E-state index contributed by atoms with van der Waals surface area (Å²) in [6.45, 7) is 1.90. The van der Waals surface area contributed by atoms with Crippen LogP contribution in [0.1, 0.15) is 48.5 Å². The van der Waals surface area contributed by atoms with Crippen LogP contribution in [-0.2, 0) is 0 Å². The first kappa shape index (κ1) is 20.3. The van der Waals surface area contributed by atoms with E-state index in [9.17, 15) is 14.7 Å². The number of hydrogen-bond acceptors (Lipinski definition) is 6. The first-order valence-electron chi connectivity index (χ1n) is 10.8. The van der Waals surface area contributed by atoms with Gasteiger partial charge in [-0.1, -0.05) is 0 Å². The third-order valence-electron chi connectivity index (χ3n) is 6.76. The summed E-state index contributed by atoms with van der Waals surface area (Å²) in [5.41, 5.74) is 5.67. The smallest absolute Gasteiger partial charge is 0.341 e. The van der Waals surface area contributed by atoms with Crippen LogP contribution in [0, 0.1) is 11.7 Å². The Labute approximate surface area is 178 Å². The number of pyridine rings is 1. The molecule has 1 aliphatic carbocycles. The second kappa shape index (κ2) is 7.20. The van der Waals surface area contributed by atoms with E-state index in [0.29, 0.717) is 24.5 Å². The first-order chi connectivity index (χ1) is 14.8. The summed E-state index contributed by atoms with van der Waals surface area (Å²) in [4.78, 5) is 26.4. The molecule has 3 aliphatic rings. The van der Waals surface area contributed by atoms with Gasteiger partial charge in [0.15, 0.2) is 11.6 Å². The number of carboxylic acids is 1. The second-order valence-corrected chi connectivity index (χ2v) is 9.13. The van der Waals surface area contributed by atoms with Crippen LogP contribution in [0.15, 0.2) is 17.1 Å². The minimum atomic E-state index is -1.32. The average Bonchev–Trinajstić information content (AvgIpc) is 3.56. The zero-order valence-electron chi connectivity index (χ0n) is 17.5. The third-order valence-corrected chi connectivity index (χ3v) is 6.76. The normalized spacial score (nSPS) is 26.0. The molecule has 3 heterocycles. The Bertz CT molecular complexity index is 1130. The molecule has 5 rings (SSSR count). The molecule has 3 fully saturated rings. The molecule has 1 unspecified atom stereocenters. The van der Waals surface area contributed by atoms with Gasteiger partial charge in [0.05, 0.1) is 23.7 Å². The van der Waals surface area contributed by atoms with E-state index in [1.54, 1.807) is 4.57 Å². The predicted octanol–water partition coefficient (Wildman–Crippen LogP) is 2.05. The summed E-state index contributed by atoms with van der Waals surface area (Å²) in [5, 5.41) is 12.9. The van der Waals surface area contributed by atoms with Crippen LogP contribution >= 0.6 is 0 Å². The van der Waals surface area contributed by atoms with Gasteiger partial charge in [-0.05, 0) is 50.6 Å². The Morgan fingerprint density at radius 3 is 2.84 bits per heavy atom. The zero-order valence-corrected chi connectivity index (χ0v) is 17.5. The SMILES string of the molecule is COc1c(N2CC3CCCN[C@@](N)(C3)C2)c(F)cc2c(=O)c(C(=O)O)cn(C3CC3)c12. The van der Waals surface area contributed by atoms with Crippen molar-refractivity contribution >= 4 is 22.6 Å². The molecule has 2 aliphatic heterocycles. The quantitative estimate of drug-likeness (QED) is 0.681. The monoisotopic (exact) mass is 430 g/mol. The molecular weight excluding hydrogens is 403 g/mol. The molecular formula is C22H27FN4O4. The van der Waals surface area contributed by atoms with Crippen LogP contribution in [-0.4, -0.2) is 48.0 Å². The highest BCUT2D eigenvalue weighted by Crippen LogP contribution is 2.45. The van der Waals surface area contributed by atoms with Gasteiger partial charge >= 0.3 is 5.97 Å². The highest BCUT2D eigenvalue weighted by Gasteiger charge is 2.40. The van der Waals surface area contributed by atoms with E-state index in [1.807, 2.05) is 4.90 Å². The summed E-state index contributed by atoms with van der Waals surface area (Å²) in [6.07, 6.45) is 5.97. The molecule has 2 saturated heterocycles. The lowest BCUT2D eigenvalue weighted by Gasteiger charge is -2.44. The van der Waals surface area contributed by atoms with E-state index in [4.69, 9.17) is 10.5 Å². The fourth-order valence-corrected chi connectivity index (χ4v) is 5.31. The van der Waals surface area contributed by atoms with Crippen LogP contribution in [0.2, 0.25) is 0 Å². The number of ether oxygens (including phenoxy) is 1. The maximum absolute atomic E-state index is 15.5. The highest BCUT2D eigenvalue weighted by molar-refractivity contribution is 5.97. The van der Waals surface area contributed by atoms with Crippen molar-refractivity contribution in [1.82, 2.24) is 9.88 Å². The number of piperidine rings is 1. The maximum atomic E-state index is 15.5. The van der Waals surface area contributed by atoms with Crippen molar-refractivity contribution in [2.75, 3.05) is 31.6 Å². The van der Waals surface area contributed by atoms with E-state index in [2.05, 4.69) is 5.32 Å². The average molecular weight is 430 g/mol. The number of methoxy groups -OCH3 is 1. The number of halogens is 1. The lowest BCUT2D eigenvalue weighted by atomic mass is 9.88. The molecule has 9 heteroatoms. The van der Waals surface area contributed by atoms with E-state index in [0.717, 1.165) is 44.7 Å². The second-order valence-electron chi connectivity index (χ2n) is 9.13. The molecule has 2 atom stereocenters. The number of nitrogens with two attached hydrogens (primary N) is 1. The molecule has 1 aromatic heterocycles. The number of aromatic nitrogens is 1. The standard InChI is InChI=1S/C22H27FN4O4/c1-31-20-17-14(19(28)15(21(29)30)10-27(17)13-4-5-13)7-16(23)18(20)26-9-12-3-2-6-25-22(24,8-12)11-26/h7,10,12-13,25H,2-6,8-9,11,24H2,1H3,(H,29,30)/t12?,22-/m0/s1. The van der Waals surface area contributed by atoms with Crippen LogP contribution in [0.25, 0.3) is 10.9 Å². The summed E-state index contributed by atoms with van der Waals surface area (Å²) < 4.78 is 23.0. The molecule has 8 nitrogen and oxygen atoms in total. The number of carboxylic acid groups (broad SMARTS) is 1. The Balaban J connectivity index is 1.74. The maximum Gasteiger partial charge on any atom is 0.341 e. The Hall–Kier alpha value is -2.65. The van der Waals surface area contributed by atoms with Crippen LogP contribution in [0.3, 0.4) is 0 Å². The van der Waals surface area contributed by atoms with Gasteiger partial charge in [0.2, 0.25) is 5.43 Å². The summed E-state index contributed by atoms with van der Waals surface area (Å²) in [6, 6.07) is 1.23. The number of fused-ring (bicyclic) bond motifs is 3. The molecule has 0 amide bonds. The van der Waals surface area contributed by atoms with E-state index < -0.39 is 22.9 Å². The van der Waals surface area contributed by atoms with Crippen LogP contribution in [0.4, 0.5) is 10.1 Å². The van der Waals surface area contributed by atoms with Gasteiger partial charge in [0, 0.05) is 25.3 Å². The minimum Gasteiger partial charge on any atom is -0.492 e. The summed E-state index contributed by atoms with van der Waals surface area (Å²) >= 11 is 0. The predicted molar refractivity (Wildman–Crippen MR) is 114 cm³/mol. The molecule has 0 spiro atoms. The molecule has 2 bridgehead atoms. The van der Waals surface area contributed by atoms with Crippen LogP contribution < -0.4 is 26.1 Å². The first-order valence-corrected chi connectivity index (χ1v) is 10.8. The van der Waals surface area contributed by atoms with Gasteiger partial charge in [0.25, 0.3) is 0 Å². The van der Waals surface area contributed by atoms with Gasteiger partial charge in [-0.15, -0.1) is 0 Å². The number of nitrogens with one attached hydrogen (secondary N) is 1. The number of benzene rings is 1. The van der Waals surface area contributed by atoms with Crippen molar-refractivity contribution in [2.45, 2.75) is 43.8 Å². The van der Waals surface area contributed by atoms with E-state index in [-0.39, 0.29) is 28.4 Å². The Morgan fingerprint density at radius 1 is 1.39 bits per heavy atom. The van der Waals surface area contributed by atoms with Crippen molar-refractivity contribution in [3.8, 4) is 5.75 Å². The lowest BCUT2D eigenvalue weighted by Crippen LogP contribution is -2.64. The highest BCUT2D eigenvalue weighted by atomic mass is 19.1. The summed E-state index contributed by atoms with van der Waals surface area (Å²) in [5.74, 6) is -1.33.